The minimum Gasteiger partial charge on any atom is -0.481 e. The highest BCUT2D eigenvalue weighted by molar-refractivity contribution is 5.95. The summed E-state index contributed by atoms with van der Waals surface area (Å²) in [6, 6.07) is 5.38. The number of carboxylic acid groups (broad SMARTS) is 1. The molecule has 6 heteroatoms. The van der Waals surface area contributed by atoms with E-state index in [9.17, 15) is 14.0 Å². The van der Waals surface area contributed by atoms with E-state index in [1.54, 1.807) is 6.07 Å². The number of carbonyl (C=O) groups excluding carboxylic acids is 1. The third-order valence-corrected chi connectivity index (χ3v) is 3.81. The molecule has 1 saturated carbocycles. The molecule has 1 aromatic rings. The van der Waals surface area contributed by atoms with Crippen molar-refractivity contribution in [1.29, 1.82) is 5.26 Å². The van der Waals surface area contributed by atoms with Gasteiger partial charge in [0.1, 0.15) is 11.9 Å². The predicted molar refractivity (Wildman–Crippen MR) is 72.8 cm³/mol. The Bertz CT molecular complexity index is 624. The van der Waals surface area contributed by atoms with Gasteiger partial charge >= 0.3 is 5.97 Å². The first-order chi connectivity index (χ1) is 9.92. The Balaban J connectivity index is 2.14. The molecular formula is C15H15FN2O3. The van der Waals surface area contributed by atoms with E-state index in [1.807, 2.05) is 6.92 Å². The molecule has 2 rings (SSSR count). The molecule has 110 valence electrons. The van der Waals surface area contributed by atoms with Crippen molar-refractivity contribution >= 4 is 17.6 Å². The number of aliphatic carboxylic acids is 1. The zero-order valence-electron chi connectivity index (χ0n) is 11.5. The summed E-state index contributed by atoms with van der Waals surface area (Å²) in [4.78, 5) is 23.4. The first-order valence-corrected chi connectivity index (χ1v) is 6.65. The van der Waals surface area contributed by atoms with Crippen molar-refractivity contribution in [2.45, 2.75) is 19.8 Å². The molecule has 2 N–H and O–H groups in total. The van der Waals surface area contributed by atoms with Crippen LogP contribution < -0.4 is 5.32 Å². The fourth-order valence-corrected chi connectivity index (χ4v) is 2.78. The van der Waals surface area contributed by atoms with E-state index in [0.717, 1.165) is 6.07 Å². The van der Waals surface area contributed by atoms with Crippen LogP contribution in [0.15, 0.2) is 18.2 Å². The molecule has 1 amide bonds. The molecule has 0 aromatic heterocycles. The number of nitrogens with one attached hydrogen (secondary N) is 1. The third kappa shape index (κ3) is 3.19. The highest BCUT2D eigenvalue weighted by Crippen LogP contribution is 2.37. The number of nitriles is 1. The number of benzene rings is 1. The average Bonchev–Trinajstić information content (AvgIpc) is 2.83. The molecule has 0 radical (unpaired) electrons. The maximum absolute atomic E-state index is 13.2. The van der Waals surface area contributed by atoms with Crippen molar-refractivity contribution in [2.75, 3.05) is 5.32 Å². The van der Waals surface area contributed by atoms with E-state index in [0.29, 0.717) is 18.5 Å². The smallest absolute Gasteiger partial charge is 0.307 e. The van der Waals surface area contributed by atoms with Gasteiger partial charge in [0.2, 0.25) is 5.91 Å². The summed E-state index contributed by atoms with van der Waals surface area (Å²) in [5.74, 6) is -3.17. The Morgan fingerprint density at radius 1 is 1.38 bits per heavy atom. The van der Waals surface area contributed by atoms with Crippen molar-refractivity contribution < 1.29 is 19.1 Å². The maximum atomic E-state index is 13.2. The molecule has 21 heavy (non-hydrogen) atoms. The Morgan fingerprint density at radius 3 is 2.67 bits per heavy atom. The number of hydrogen-bond donors (Lipinski definition) is 2. The van der Waals surface area contributed by atoms with E-state index in [-0.39, 0.29) is 11.5 Å². The molecule has 0 aliphatic heterocycles. The molecule has 3 unspecified atom stereocenters. The Hall–Kier alpha value is -2.42. The normalized spacial score (nSPS) is 24.3. The van der Waals surface area contributed by atoms with Gasteiger partial charge in [-0.2, -0.15) is 5.26 Å². The van der Waals surface area contributed by atoms with E-state index in [4.69, 9.17) is 10.4 Å². The lowest BCUT2D eigenvalue weighted by atomic mass is 9.95. The molecule has 1 fully saturated rings. The number of anilines is 1. The van der Waals surface area contributed by atoms with Gasteiger partial charge in [-0.1, -0.05) is 6.92 Å². The number of nitrogens with zero attached hydrogens (tertiary/aromatic N) is 1. The Labute approximate surface area is 121 Å². The van der Waals surface area contributed by atoms with Crippen LogP contribution in [0.1, 0.15) is 25.3 Å². The standard InChI is InChI=1S/C15H15FN2O3/c1-8-4-11(12(5-8)15(20)21)14(19)18-10-2-3-13(16)9(6-10)7-17/h2-3,6,8,11-12H,4-5H2,1H3,(H,18,19)(H,20,21). The molecule has 0 spiro atoms. The number of amides is 1. The van der Waals surface area contributed by atoms with Crippen LogP contribution in [0.5, 0.6) is 0 Å². The van der Waals surface area contributed by atoms with E-state index in [1.165, 1.54) is 12.1 Å². The maximum Gasteiger partial charge on any atom is 0.307 e. The Kier molecular flexibility index (Phi) is 4.22. The minimum absolute atomic E-state index is 0.164. The van der Waals surface area contributed by atoms with Gasteiger partial charge < -0.3 is 10.4 Å². The number of carbonyl (C=O) groups is 2. The SMILES string of the molecule is CC1CC(C(=O)O)C(C(=O)Nc2ccc(F)c(C#N)c2)C1. The van der Waals surface area contributed by atoms with Crippen LogP contribution in [-0.4, -0.2) is 17.0 Å². The molecular weight excluding hydrogens is 275 g/mol. The van der Waals surface area contributed by atoms with Gasteiger partial charge in [0.05, 0.1) is 17.4 Å². The summed E-state index contributed by atoms with van der Waals surface area (Å²) in [7, 11) is 0. The molecule has 3 atom stereocenters. The van der Waals surface area contributed by atoms with E-state index >= 15 is 0 Å². The fourth-order valence-electron chi connectivity index (χ4n) is 2.78. The lowest BCUT2D eigenvalue weighted by molar-refractivity contribution is -0.145. The van der Waals surface area contributed by atoms with Crippen LogP contribution >= 0.6 is 0 Å². The van der Waals surface area contributed by atoms with Crippen molar-refractivity contribution in [3.63, 3.8) is 0 Å². The van der Waals surface area contributed by atoms with Crippen LogP contribution in [0.2, 0.25) is 0 Å². The summed E-state index contributed by atoms with van der Waals surface area (Å²) in [5, 5.41) is 20.5. The Morgan fingerprint density at radius 2 is 2.05 bits per heavy atom. The van der Waals surface area contributed by atoms with Gasteiger partial charge in [0.15, 0.2) is 0 Å². The summed E-state index contributed by atoms with van der Waals surface area (Å²) in [6.45, 7) is 1.91. The monoisotopic (exact) mass is 290 g/mol. The first kappa shape index (κ1) is 15.0. The lowest BCUT2D eigenvalue weighted by Crippen LogP contribution is -2.30. The molecule has 0 heterocycles. The van der Waals surface area contributed by atoms with Gasteiger partial charge in [0, 0.05) is 5.69 Å². The number of carboxylic acids is 1. The molecule has 1 aliphatic rings. The second kappa shape index (κ2) is 5.92. The average molecular weight is 290 g/mol. The van der Waals surface area contributed by atoms with E-state index in [2.05, 4.69) is 5.32 Å². The van der Waals surface area contributed by atoms with Crippen molar-refractivity contribution in [3.05, 3.63) is 29.6 Å². The highest BCUT2D eigenvalue weighted by atomic mass is 19.1. The molecule has 0 bridgehead atoms. The zero-order valence-corrected chi connectivity index (χ0v) is 11.5. The van der Waals surface area contributed by atoms with Crippen molar-refractivity contribution in [1.82, 2.24) is 0 Å². The summed E-state index contributed by atoms with van der Waals surface area (Å²) in [5.41, 5.74) is 0.129. The van der Waals surface area contributed by atoms with Crippen LogP contribution in [0.3, 0.4) is 0 Å². The predicted octanol–water partition coefficient (Wildman–Crippen LogP) is 2.38. The van der Waals surface area contributed by atoms with Gasteiger partial charge in [-0.05, 0) is 37.0 Å². The second-order valence-electron chi connectivity index (χ2n) is 5.42. The summed E-state index contributed by atoms with van der Waals surface area (Å²) < 4.78 is 13.2. The minimum atomic E-state index is -0.976. The van der Waals surface area contributed by atoms with Crippen molar-refractivity contribution in [2.24, 2.45) is 17.8 Å². The van der Waals surface area contributed by atoms with Crippen LogP contribution in [-0.2, 0) is 9.59 Å². The van der Waals surface area contributed by atoms with Crippen molar-refractivity contribution in [3.8, 4) is 6.07 Å². The van der Waals surface area contributed by atoms with E-state index < -0.39 is 29.5 Å². The second-order valence-corrected chi connectivity index (χ2v) is 5.42. The van der Waals surface area contributed by atoms with Gasteiger partial charge in [-0.25, -0.2) is 4.39 Å². The summed E-state index contributed by atoms with van der Waals surface area (Å²) >= 11 is 0. The van der Waals surface area contributed by atoms with Crippen LogP contribution in [0.25, 0.3) is 0 Å². The fraction of sp³-hybridized carbons (Fsp3) is 0.400. The lowest BCUT2D eigenvalue weighted by Gasteiger charge is -2.15. The first-order valence-electron chi connectivity index (χ1n) is 6.65. The topological polar surface area (TPSA) is 90.2 Å². The zero-order chi connectivity index (χ0) is 15.6. The van der Waals surface area contributed by atoms with Gasteiger partial charge in [-0.3, -0.25) is 9.59 Å². The molecule has 0 saturated heterocycles. The van der Waals surface area contributed by atoms with Crippen LogP contribution in [0, 0.1) is 34.9 Å². The van der Waals surface area contributed by atoms with Crippen LogP contribution in [0.4, 0.5) is 10.1 Å². The third-order valence-electron chi connectivity index (χ3n) is 3.81. The highest BCUT2D eigenvalue weighted by Gasteiger charge is 2.41. The number of halogens is 1. The summed E-state index contributed by atoms with van der Waals surface area (Å²) in [6.07, 6.45) is 0.982. The molecule has 1 aromatic carbocycles. The molecule has 5 nitrogen and oxygen atoms in total. The van der Waals surface area contributed by atoms with Gasteiger partial charge in [-0.15, -0.1) is 0 Å². The molecule has 1 aliphatic carbocycles. The largest absolute Gasteiger partial charge is 0.481 e. The number of rotatable bonds is 3. The quantitative estimate of drug-likeness (QED) is 0.894. The number of hydrogen-bond acceptors (Lipinski definition) is 3. The van der Waals surface area contributed by atoms with Gasteiger partial charge in [0.25, 0.3) is 0 Å².